The molecule has 0 aliphatic heterocycles. The van der Waals surface area contributed by atoms with Crippen LogP contribution >= 0.6 is 11.3 Å². The van der Waals surface area contributed by atoms with Crippen LogP contribution in [0.25, 0.3) is 10.2 Å². The molecule has 0 bridgehead atoms. The molecule has 4 nitrogen and oxygen atoms in total. The third kappa shape index (κ3) is 1.20. The predicted octanol–water partition coefficient (Wildman–Crippen LogP) is 1.47. The Morgan fingerprint density at radius 2 is 2.44 bits per heavy atom. The fourth-order valence-corrected chi connectivity index (χ4v) is 3.43. The Bertz CT molecular complexity index is 662. The lowest BCUT2D eigenvalue weighted by Gasteiger charge is -1.99. The molecule has 0 unspecified atom stereocenters. The normalized spacial score (nSPS) is 13.9. The number of hydrogen-bond acceptors (Lipinski definition) is 4. The van der Waals surface area contributed by atoms with Gasteiger partial charge in [0.05, 0.1) is 11.5 Å². The average molecular weight is 231 g/mol. The minimum Gasteiger partial charge on any atom is -0.285 e. The summed E-state index contributed by atoms with van der Waals surface area (Å²) in [5.41, 5.74) is 1.11. The monoisotopic (exact) mass is 231 g/mol. The van der Waals surface area contributed by atoms with Crippen molar-refractivity contribution in [3.63, 3.8) is 0 Å². The summed E-state index contributed by atoms with van der Waals surface area (Å²) in [5.74, 6) is 0. The van der Waals surface area contributed by atoms with Gasteiger partial charge in [0, 0.05) is 4.88 Å². The first kappa shape index (κ1) is 9.55. The highest BCUT2D eigenvalue weighted by molar-refractivity contribution is 7.18. The lowest BCUT2D eigenvalue weighted by molar-refractivity contribution is 0.775. The van der Waals surface area contributed by atoms with Crippen molar-refractivity contribution in [3.8, 4) is 6.07 Å². The summed E-state index contributed by atoms with van der Waals surface area (Å²) in [6.07, 6.45) is 4.64. The standard InChI is InChI=1S/C11H9N3OS/c12-4-5-14-6-13-10-9(11(14)15)7-2-1-3-8(7)16-10/h6H,1-3,5H2. The molecular formula is C11H9N3OS. The molecule has 0 spiro atoms. The van der Waals surface area contributed by atoms with Gasteiger partial charge in [0.25, 0.3) is 5.56 Å². The third-order valence-electron chi connectivity index (χ3n) is 2.93. The fourth-order valence-electron chi connectivity index (χ4n) is 2.21. The minimum atomic E-state index is -0.0639. The summed E-state index contributed by atoms with van der Waals surface area (Å²) in [7, 11) is 0. The van der Waals surface area contributed by atoms with Gasteiger partial charge in [-0.15, -0.1) is 11.3 Å². The van der Waals surface area contributed by atoms with Crippen LogP contribution in [0.5, 0.6) is 0 Å². The van der Waals surface area contributed by atoms with E-state index in [9.17, 15) is 4.79 Å². The molecule has 0 saturated carbocycles. The Hall–Kier alpha value is -1.67. The van der Waals surface area contributed by atoms with E-state index < -0.39 is 0 Å². The van der Waals surface area contributed by atoms with Gasteiger partial charge in [-0.3, -0.25) is 9.36 Å². The first-order valence-corrected chi connectivity index (χ1v) is 5.99. The van der Waals surface area contributed by atoms with E-state index in [1.165, 1.54) is 21.3 Å². The van der Waals surface area contributed by atoms with Gasteiger partial charge in [0.15, 0.2) is 0 Å². The lowest BCUT2D eigenvalue weighted by Crippen LogP contribution is -2.20. The second-order valence-corrected chi connectivity index (χ2v) is 4.96. The summed E-state index contributed by atoms with van der Waals surface area (Å²) in [6, 6.07) is 1.98. The van der Waals surface area contributed by atoms with E-state index in [1.54, 1.807) is 11.3 Å². The Kier molecular flexibility index (Phi) is 2.04. The number of thiophene rings is 1. The Morgan fingerprint density at radius 3 is 3.25 bits per heavy atom. The zero-order valence-corrected chi connectivity index (χ0v) is 9.38. The highest BCUT2D eigenvalue weighted by Gasteiger charge is 2.20. The van der Waals surface area contributed by atoms with Gasteiger partial charge >= 0.3 is 0 Å². The van der Waals surface area contributed by atoms with Crippen LogP contribution < -0.4 is 5.56 Å². The van der Waals surface area contributed by atoms with Crippen LogP contribution in [0, 0.1) is 11.3 Å². The van der Waals surface area contributed by atoms with Crippen molar-refractivity contribution in [2.75, 3.05) is 0 Å². The number of fused-ring (bicyclic) bond motifs is 3. The van der Waals surface area contributed by atoms with Crippen molar-refractivity contribution >= 4 is 21.6 Å². The van der Waals surface area contributed by atoms with Gasteiger partial charge in [-0.25, -0.2) is 4.98 Å². The molecule has 16 heavy (non-hydrogen) atoms. The molecule has 0 radical (unpaired) electrons. The molecule has 0 saturated heterocycles. The van der Waals surface area contributed by atoms with Crippen LogP contribution in [0.2, 0.25) is 0 Å². The summed E-state index contributed by atoms with van der Waals surface area (Å²) >= 11 is 1.62. The maximum atomic E-state index is 12.1. The predicted molar refractivity (Wildman–Crippen MR) is 61.5 cm³/mol. The van der Waals surface area contributed by atoms with Gasteiger partial charge in [-0.2, -0.15) is 5.26 Å². The highest BCUT2D eigenvalue weighted by Crippen LogP contribution is 2.34. The van der Waals surface area contributed by atoms with E-state index in [4.69, 9.17) is 5.26 Å². The second kappa shape index (κ2) is 3.42. The van der Waals surface area contributed by atoms with Crippen molar-refractivity contribution in [1.82, 2.24) is 9.55 Å². The number of hydrogen-bond donors (Lipinski definition) is 0. The average Bonchev–Trinajstić information content (AvgIpc) is 2.81. The van der Waals surface area contributed by atoms with Gasteiger partial charge < -0.3 is 0 Å². The van der Waals surface area contributed by atoms with E-state index >= 15 is 0 Å². The second-order valence-electron chi connectivity index (χ2n) is 3.87. The van der Waals surface area contributed by atoms with Crippen LogP contribution in [0.1, 0.15) is 16.9 Å². The van der Waals surface area contributed by atoms with E-state index in [2.05, 4.69) is 4.98 Å². The van der Waals surface area contributed by atoms with Crippen molar-refractivity contribution in [1.29, 1.82) is 5.26 Å². The Balaban J connectivity index is 2.35. The van der Waals surface area contributed by atoms with Crippen molar-refractivity contribution in [3.05, 3.63) is 27.1 Å². The molecule has 0 amide bonds. The van der Waals surface area contributed by atoms with E-state index in [1.807, 2.05) is 6.07 Å². The maximum Gasteiger partial charge on any atom is 0.263 e. The molecule has 2 aromatic rings. The minimum absolute atomic E-state index is 0.0639. The molecule has 5 heteroatoms. The quantitative estimate of drug-likeness (QED) is 0.746. The Labute approximate surface area is 95.8 Å². The van der Waals surface area contributed by atoms with Crippen LogP contribution in [0.4, 0.5) is 0 Å². The fraction of sp³-hybridized carbons (Fsp3) is 0.364. The molecule has 0 N–H and O–H groups in total. The number of rotatable bonds is 1. The molecular weight excluding hydrogens is 222 g/mol. The van der Waals surface area contributed by atoms with Gasteiger partial charge in [-0.1, -0.05) is 0 Å². The molecule has 3 rings (SSSR count). The first-order valence-electron chi connectivity index (χ1n) is 5.18. The SMILES string of the molecule is N#CCn1cnc2sc3c(c2c1=O)CCC3. The van der Waals surface area contributed by atoms with Crippen LogP contribution in [-0.4, -0.2) is 9.55 Å². The summed E-state index contributed by atoms with van der Waals surface area (Å²) < 4.78 is 1.38. The lowest BCUT2D eigenvalue weighted by atomic mass is 10.2. The van der Waals surface area contributed by atoms with Gasteiger partial charge in [-0.05, 0) is 24.8 Å². The van der Waals surface area contributed by atoms with Gasteiger partial charge in [0.1, 0.15) is 17.7 Å². The highest BCUT2D eigenvalue weighted by atomic mass is 32.1. The molecule has 1 aliphatic rings. The third-order valence-corrected chi connectivity index (χ3v) is 4.13. The van der Waals surface area contributed by atoms with Crippen LogP contribution in [0.3, 0.4) is 0 Å². The first-order chi connectivity index (χ1) is 7.81. The molecule has 0 atom stereocenters. The Morgan fingerprint density at radius 1 is 1.56 bits per heavy atom. The summed E-state index contributed by atoms with van der Waals surface area (Å²) in [5, 5.41) is 9.37. The van der Waals surface area contributed by atoms with E-state index in [0.29, 0.717) is 0 Å². The number of aryl methyl sites for hydroxylation is 2. The molecule has 2 aromatic heterocycles. The molecule has 1 aliphatic carbocycles. The van der Waals surface area contributed by atoms with Crippen LogP contribution in [0.15, 0.2) is 11.1 Å². The van der Waals surface area contributed by atoms with Crippen molar-refractivity contribution < 1.29 is 0 Å². The molecule has 80 valence electrons. The largest absolute Gasteiger partial charge is 0.285 e. The van der Waals surface area contributed by atoms with Crippen LogP contribution in [-0.2, 0) is 19.4 Å². The summed E-state index contributed by atoms with van der Waals surface area (Å²) in [4.78, 5) is 18.5. The topological polar surface area (TPSA) is 58.7 Å². The number of nitriles is 1. The summed E-state index contributed by atoms with van der Waals surface area (Å²) in [6.45, 7) is 0.0758. The number of aromatic nitrogens is 2. The van der Waals surface area contributed by atoms with E-state index in [0.717, 1.165) is 29.5 Å². The molecule has 0 fully saturated rings. The van der Waals surface area contributed by atoms with E-state index in [-0.39, 0.29) is 12.1 Å². The van der Waals surface area contributed by atoms with Crippen molar-refractivity contribution in [2.24, 2.45) is 0 Å². The smallest absolute Gasteiger partial charge is 0.263 e. The number of nitrogens with zero attached hydrogens (tertiary/aromatic N) is 3. The maximum absolute atomic E-state index is 12.1. The van der Waals surface area contributed by atoms with Crippen molar-refractivity contribution in [2.45, 2.75) is 25.8 Å². The molecule has 2 heterocycles. The zero-order chi connectivity index (χ0) is 11.1. The van der Waals surface area contributed by atoms with Gasteiger partial charge in [0.2, 0.25) is 0 Å². The zero-order valence-electron chi connectivity index (χ0n) is 8.56. The molecule has 0 aromatic carbocycles.